The molecule has 32 heavy (non-hydrogen) atoms. The number of anilines is 1. The van der Waals surface area contributed by atoms with Crippen molar-refractivity contribution in [3.05, 3.63) is 72.5 Å². The lowest BCUT2D eigenvalue weighted by molar-refractivity contribution is -0.130. The van der Waals surface area contributed by atoms with Gasteiger partial charge in [-0.15, -0.1) is 0 Å². The highest BCUT2D eigenvalue weighted by molar-refractivity contribution is 5.97. The number of aliphatic hydroxyl groups excluding tert-OH is 2. The number of hydrogen-bond donors (Lipinski definition) is 4. The van der Waals surface area contributed by atoms with Gasteiger partial charge in [-0.05, 0) is 67.6 Å². The van der Waals surface area contributed by atoms with E-state index in [-0.39, 0.29) is 11.6 Å². The van der Waals surface area contributed by atoms with E-state index in [1.54, 1.807) is 42.5 Å². The SMILES string of the molecule is CC(O)C(NC(=O)CO)C(=O)Nc1cccc(-c2ccc(Oc3ccc(F)cc3)cc2)n1. The standard InChI is InChI=1S/C23H22FN3O5/c1-14(29)22(27-21(30)13-28)23(31)26-20-4-2-3-19(25-20)15-5-9-17(10-6-15)32-18-11-7-16(24)8-12-18/h2-12,14,22,28-29H,13H2,1H3,(H,27,30)(H,25,26,31). The predicted octanol–water partition coefficient (Wildman–Crippen LogP) is 2.48. The molecule has 2 atom stereocenters. The smallest absolute Gasteiger partial charge is 0.250 e. The summed E-state index contributed by atoms with van der Waals surface area (Å²) < 4.78 is 18.7. The van der Waals surface area contributed by atoms with Crippen molar-refractivity contribution in [2.45, 2.75) is 19.1 Å². The number of halogens is 1. The summed E-state index contributed by atoms with van der Waals surface area (Å²) in [4.78, 5) is 28.2. The van der Waals surface area contributed by atoms with Crippen LogP contribution < -0.4 is 15.4 Å². The van der Waals surface area contributed by atoms with Crippen LogP contribution in [0.2, 0.25) is 0 Å². The van der Waals surface area contributed by atoms with E-state index in [4.69, 9.17) is 9.84 Å². The van der Waals surface area contributed by atoms with Gasteiger partial charge in [-0.2, -0.15) is 0 Å². The zero-order valence-electron chi connectivity index (χ0n) is 17.2. The molecular weight excluding hydrogens is 417 g/mol. The van der Waals surface area contributed by atoms with Gasteiger partial charge in [-0.25, -0.2) is 9.37 Å². The van der Waals surface area contributed by atoms with Crippen LogP contribution >= 0.6 is 0 Å². The maximum atomic E-state index is 13.0. The molecule has 0 aliphatic rings. The summed E-state index contributed by atoms with van der Waals surface area (Å²) in [5.74, 6) is -0.512. The molecule has 1 heterocycles. The van der Waals surface area contributed by atoms with Crippen LogP contribution in [0.25, 0.3) is 11.3 Å². The molecule has 0 aliphatic carbocycles. The summed E-state index contributed by atoms with van der Waals surface area (Å²) >= 11 is 0. The van der Waals surface area contributed by atoms with E-state index in [2.05, 4.69) is 15.6 Å². The van der Waals surface area contributed by atoms with E-state index >= 15 is 0 Å². The van der Waals surface area contributed by atoms with E-state index in [1.165, 1.54) is 31.2 Å². The highest BCUT2D eigenvalue weighted by atomic mass is 19.1. The molecule has 3 aromatic rings. The van der Waals surface area contributed by atoms with Crippen LogP contribution in [0.15, 0.2) is 66.7 Å². The van der Waals surface area contributed by atoms with Crippen molar-refractivity contribution < 1.29 is 28.9 Å². The molecule has 0 radical (unpaired) electrons. The Bertz CT molecular complexity index is 1070. The average molecular weight is 439 g/mol. The normalized spacial score (nSPS) is 12.5. The van der Waals surface area contributed by atoms with Crippen molar-refractivity contribution in [2.24, 2.45) is 0 Å². The Balaban J connectivity index is 1.70. The van der Waals surface area contributed by atoms with E-state index < -0.39 is 30.6 Å². The second kappa shape index (κ2) is 10.5. The van der Waals surface area contributed by atoms with Gasteiger partial charge in [0.05, 0.1) is 11.8 Å². The quantitative estimate of drug-likeness (QED) is 0.428. The molecular formula is C23H22FN3O5. The molecule has 9 heteroatoms. The fraction of sp³-hybridized carbons (Fsp3) is 0.174. The maximum absolute atomic E-state index is 13.0. The van der Waals surface area contributed by atoms with Crippen molar-refractivity contribution in [2.75, 3.05) is 11.9 Å². The summed E-state index contributed by atoms with van der Waals surface area (Å²) in [7, 11) is 0. The number of rotatable bonds is 8. The number of aromatic nitrogens is 1. The second-order valence-electron chi connectivity index (χ2n) is 6.92. The number of nitrogens with zero attached hydrogens (tertiary/aromatic N) is 1. The minimum absolute atomic E-state index is 0.225. The number of carbonyl (C=O) groups excluding carboxylic acids is 2. The molecule has 0 aliphatic heterocycles. The van der Waals surface area contributed by atoms with Crippen molar-refractivity contribution in [1.29, 1.82) is 0 Å². The summed E-state index contributed by atoms with van der Waals surface area (Å²) in [6.07, 6.45) is -1.18. The Morgan fingerprint density at radius 2 is 1.66 bits per heavy atom. The lowest BCUT2D eigenvalue weighted by atomic mass is 10.1. The van der Waals surface area contributed by atoms with Gasteiger partial charge in [0.15, 0.2) is 0 Å². The fourth-order valence-electron chi connectivity index (χ4n) is 2.83. The first kappa shape index (κ1) is 22.9. The number of amides is 2. The van der Waals surface area contributed by atoms with Crippen LogP contribution in [0.4, 0.5) is 10.2 Å². The van der Waals surface area contributed by atoms with Gasteiger partial charge in [-0.3, -0.25) is 9.59 Å². The first-order valence-electron chi connectivity index (χ1n) is 9.76. The number of carbonyl (C=O) groups is 2. The number of pyridine rings is 1. The Labute approximate surface area is 183 Å². The van der Waals surface area contributed by atoms with E-state index in [1.807, 2.05) is 0 Å². The van der Waals surface area contributed by atoms with Crippen LogP contribution in [0.1, 0.15) is 6.92 Å². The third kappa shape index (κ3) is 6.10. The van der Waals surface area contributed by atoms with E-state index in [0.29, 0.717) is 17.2 Å². The van der Waals surface area contributed by atoms with E-state index in [9.17, 15) is 19.1 Å². The molecule has 0 saturated carbocycles. The molecule has 0 saturated heterocycles. The predicted molar refractivity (Wildman–Crippen MR) is 115 cm³/mol. The molecule has 8 nitrogen and oxygen atoms in total. The summed E-state index contributed by atoms with van der Waals surface area (Å²) in [6.45, 7) is 0.548. The van der Waals surface area contributed by atoms with Crippen molar-refractivity contribution in [1.82, 2.24) is 10.3 Å². The van der Waals surface area contributed by atoms with Gasteiger partial charge in [0.2, 0.25) is 5.91 Å². The number of benzene rings is 2. The third-order valence-corrected chi connectivity index (χ3v) is 4.42. The maximum Gasteiger partial charge on any atom is 0.250 e. The Morgan fingerprint density at radius 1 is 1.03 bits per heavy atom. The van der Waals surface area contributed by atoms with Gasteiger partial charge in [0, 0.05) is 5.56 Å². The van der Waals surface area contributed by atoms with Gasteiger partial charge in [-0.1, -0.05) is 6.07 Å². The highest BCUT2D eigenvalue weighted by Crippen LogP contribution is 2.25. The molecule has 0 fully saturated rings. The monoisotopic (exact) mass is 439 g/mol. The minimum atomic E-state index is -1.25. The van der Waals surface area contributed by atoms with Crippen molar-refractivity contribution in [3.63, 3.8) is 0 Å². The summed E-state index contributed by atoms with van der Waals surface area (Å²) in [5, 5.41) is 23.4. The van der Waals surface area contributed by atoms with E-state index in [0.717, 1.165) is 5.56 Å². The number of hydrogen-bond acceptors (Lipinski definition) is 6. The second-order valence-corrected chi connectivity index (χ2v) is 6.92. The zero-order valence-corrected chi connectivity index (χ0v) is 17.2. The molecule has 2 aromatic carbocycles. The first-order chi connectivity index (χ1) is 15.4. The number of nitrogens with one attached hydrogen (secondary N) is 2. The Hall–Kier alpha value is -3.82. The zero-order chi connectivity index (χ0) is 23.1. The molecule has 2 unspecified atom stereocenters. The molecule has 3 rings (SSSR count). The average Bonchev–Trinajstić information content (AvgIpc) is 2.79. The largest absolute Gasteiger partial charge is 0.457 e. The van der Waals surface area contributed by atoms with Gasteiger partial charge >= 0.3 is 0 Å². The number of aliphatic hydroxyl groups is 2. The van der Waals surface area contributed by atoms with Crippen molar-refractivity contribution >= 4 is 17.6 Å². The van der Waals surface area contributed by atoms with Crippen LogP contribution in [0, 0.1) is 5.82 Å². The van der Waals surface area contributed by atoms with Crippen LogP contribution in [0.3, 0.4) is 0 Å². The van der Waals surface area contributed by atoms with Gasteiger partial charge in [0.25, 0.3) is 5.91 Å². The summed E-state index contributed by atoms with van der Waals surface area (Å²) in [6, 6.07) is 16.5. The lowest BCUT2D eigenvalue weighted by Gasteiger charge is -2.20. The number of ether oxygens (including phenoxy) is 1. The molecule has 1 aromatic heterocycles. The van der Waals surface area contributed by atoms with Crippen LogP contribution in [0.5, 0.6) is 11.5 Å². The first-order valence-corrected chi connectivity index (χ1v) is 9.76. The lowest BCUT2D eigenvalue weighted by Crippen LogP contribution is -2.51. The molecule has 0 bridgehead atoms. The van der Waals surface area contributed by atoms with Crippen molar-refractivity contribution in [3.8, 4) is 22.8 Å². The molecule has 2 amide bonds. The van der Waals surface area contributed by atoms with Gasteiger partial charge in [0.1, 0.15) is 35.8 Å². The van der Waals surface area contributed by atoms with Crippen LogP contribution in [-0.4, -0.2) is 45.8 Å². The third-order valence-electron chi connectivity index (χ3n) is 4.42. The Morgan fingerprint density at radius 3 is 2.25 bits per heavy atom. The van der Waals surface area contributed by atoms with Crippen LogP contribution in [-0.2, 0) is 9.59 Å². The fourth-order valence-corrected chi connectivity index (χ4v) is 2.83. The minimum Gasteiger partial charge on any atom is -0.457 e. The van der Waals surface area contributed by atoms with Gasteiger partial charge < -0.3 is 25.6 Å². The highest BCUT2D eigenvalue weighted by Gasteiger charge is 2.25. The topological polar surface area (TPSA) is 121 Å². The molecule has 4 N–H and O–H groups in total. The summed E-state index contributed by atoms with van der Waals surface area (Å²) in [5.41, 5.74) is 1.33. The molecule has 166 valence electrons. The Kier molecular flexibility index (Phi) is 7.48. The molecule has 0 spiro atoms.